The van der Waals surface area contributed by atoms with E-state index in [1.807, 2.05) is 18.2 Å². The van der Waals surface area contributed by atoms with E-state index in [0.717, 1.165) is 0 Å². The first-order chi connectivity index (χ1) is 11.1. The first-order valence-electron chi connectivity index (χ1n) is 6.96. The van der Waals surface area contributed by atoms with Gasteiger partial charge in [0.15, 0.2) is 5.78 Å². The second-order valence-electron chi connectivity index (χ2n) is 4.89. The lowest BCUT2D eigenvalue weighted by Crippen LogP contribution is -1.92. The molecule has 0 radical (unpaired) electrons. The van der Waals surface area contributed by atoms with Gasteiger partial charge in [0, 0.05) is 16.1 Å². The predicted molar refractivity (Wildman–Crippen MR) is 94.0 cm³/mol. The second kappa shape index (κ2) is 6.86. The van der Waals surface area contributed by atoms with Gasteiger partial charge >= 0.3 is 0 Å². The fraction of sp³-hybridized carbons (Fsp3) is 0. The van der Waals surface area contributed by atoms with Crippen LogP contribution in [0.5, 0.6) is 0 Å². The molecule has 0 aliphatic carbocycles. The first-order valence-corrected chi connectivity index (χ1v) is 7.72. The number of ketones is 1. The van der Waals surface area contributed by atoms with Gasteiger partial charge in [0.05, 0.1) is 5.02 Å². The van der Waals surface area contributed by atoms with Gasteiger partial charge in [-0.1, -0.05) is 53.5 Å². The Morgan fingerprint density at radius 2 is 1.74 bits per heavy atom. The lowest BCUT2D eigenvalue weighted by molar-refractivity contribution is 0.104. The van der Waals surface area contributed by atoms with Crippen LogP contribution in [0.4, 0.5) is 0 Å². The Bertz CT molecular complexity index is 864. The van der Waals surface area contributed by atoms with Gasteiger partial charge in [-0.2, -0.15) is 0 Å². The van der Waals surface area contributed by atoms with Crippen molar-refractivity contribution in [3.05, 3.63) is 88.1 Å². The van der Waals surface area contributed by atoms with Crippen LogP contribution in [0.2, 0.25) is 10.0 Å². The van der Waals surface area contributed by atoms with Crippen molar-refractivity contribution in [2.75, 3.05) is 0 Å². The smallest absolute Gasteiger partial charge is 0.185 e. The van der Waals surface area contributed by atoms with Crippen LogP contribution < -0.4 is 0 Å². The summed E-state index contributed by atoms with van der Waals surface area (Å²) in [5.41, 5.74) is 1.35. The van der Waals surface area contributed by atoms with E-state index >= 15 is 0 Å². The molecule has 0 N–H and O–H groups in total. The molecule has 1 aromatic heterocycles. The molecule has 0 saturated heterocycles. The van der Waals surface area contributed by atoms with E-state index in [1.54, 1.807) is 48.5 Å². The number of rotatable bonds is 4. The molecule has 1 heterocycles. The van der Waals surface area contributed by atoms with Gasteiger partial charge in [-0.05, 0) is 42.5 Å². The summed E-state index contributed by atoms with van der Waals surface area (Å²) in [5.74, 6) is 1.09. The molecule has 0 atom stereocenters. The van der Waals surface area contributed by atoms with Crippen molar-refractivity contribution >= 4 is 35.1 Å². The van der Waals surface area contributed by atoms with E-state index in [2.05, 4.69) is 0 Å². The Morgan fingerprint density at radius 1 is 0.957 bits per heavy atom. The fourth-order valence-corrected chi connectivity index (χ4v) is 2.51. The predicted octanol–water partition coefficient (Wildman–Crippen LogP) is 6.15. The maximum atomic E-state index is 12.0. The first kappa shape index (κ1) is 15.6. The zero-order valence-corrected chi connectivity index (χ0v) is 13.5. The van der Waals surface area contributed by atoms with Crippen molar-refractivity contribution in [1.82, 2.24) is 0 Å². The molecule has 0 fully saturated rings. The maximum Gasteiger partial charge on any atom is 0.185 e. The molecule has 2 nitrogen and oxygen atoms in total. The minimum absolute atomic E-state index is 0.0793. The molecule has 0 amide bonds. The average molecular weight is 343 g/mol. The Kier molecular flexibility index (Phi) is 4.65. The summed E-state index contributed by atoms with van der Waals surface area (Å²) >= 11 is 12.1. The van der Waals surface area contributed by atoms with Gasteiger partial charge in [0.2, 0.25) is 0 Å². The number of carbonyl (C=O) groups is 1. The Balaban J connectivity index is 1.81. The minimum Gasteiger partial charge on any atom is -0.457 e. The van der Waals surface area contributed by atoms with Crippen LogP contribution in [0, 0.1) is 0 Å². The van der Waals surface area contributed by atoms with Crippen molar-refractivity contribution in [2.45, 2.75) is 0 Å². The maximum absolute atomic E-state index is 12.0. The highest BCUT2D eigenvalue weighted by atomic mass is 35.5. The SMILES string of the molecule is O=C(C=Cc1ccc(-c2cc(Cl)ccc2Cl)o1)c1ccccc1. The van der Waals surface area contributed by atoms with E-state index in [1.165, 1.54) is 6.08 Å². The topological polar surface area (TPSA) is 30.2 Å². The van der Waals surface area contributed by atoms with Crippen molar-refractivity contribution in [1.29, 1.82) is 0 Å². The zero-order chi connectivity index (χ0) is 16.2. The Labute approximate surface area is 144 Å². The molecule has 0 bridgehead atoms. The molecule has 3 aromatic rings. The number of halogens is 2. The van der Waals surface area contributed by atoms with Crippen molar-refractivity contribution in [2.24, 2.45) is 0 Å². The van der Waals surface area contributed by atoms with E-state index in [4.69, 9.17) is 27.6 Å². The van der Waals surface area contributed by atoms with Gasteiger partial charge in [0.1, 0.15) is 11.5 Å². The minimum atomic E-state index is -0.0793. The number of hydrogen-bond donors (Lipinski definition) is 0. The number of furan rings is 1. The van der Waals surface area contributed by atoms with Crippen molar-refractivity contribution < 1.29 is 9.21 Å². The summed E-state index contributed by atoms with van der Waals surface area (Å²) in [7, 11) is 0. The molecular weight excluding hydrogens is 331 g/mol. The highest BCUT2D eigenvalue weighted by Crippen LogP contribution is 2.32. The van der Waals surface area contributed by atoms with Crippen LogP contribution in [0.1, 0.15) is 16.1 Å². The molecule has 0 spiro atoms. The summed E-state index contributed by atoms with van der Waals surface area (Å²) in [4.78, 5) is 12.0. The molecule has 23 heavy (non-hydrogen) atoms. The molecule has 0 unspecified atom stereocenters. The Morgan fingerprint density at radius 3 is 2.52 bits per heavy atom. The van der Waals surface area contributed by atoms with Crippen LogP contribution in [-0.2, 0) is 0 Å². The van der Waals surface area contributed by atoms with Gasteiger partial charge in [-0.25, -0.2) is 0 Å². The second-order valence-corrected chi connectivity index (χ2v) is 5.73. The molecule has 114 valence electrons. The largest absolute Gasteiger partial charge is 0.457 e. The summed E-state index contributed by atoms with van der Waals surface area (Å²) in [6.45, 7) is 0. The summed E-state index contributed by atoms with van der Waals surface area (Å²) < 4.78 is 5.71. The molecule has 0 aliphatic heterocycles. The van der Waals surface area contributed by atoms with Crippen LogP contribution in [0.25, 0.3) is 17.4 Å². The summed E-state index contributed by atoms with van der Waals surface area (Å²) in [6, 6.07) is 17.8. The van der Waals surface area contributed by atoms with Gasteiger partial charge in [-0.3, -0.25) is 4.79 Å². The van der Waals surface area contributed by atoms with Crippen LogP contribution in [0.3, 0.4) is 0 Å². The molecule has 0 saturated carbocycles. The molecular formula is C19H12Cl2O2. The zero-order valence-electron chi connectivity index (χ0n) is 12.0. The van der Waals surface area contributed by atoms with Gasteiger partial charge in [-0.15, -0.1) is 0 Å². The normalized spacial score (nSPS) is 11.0. The standard InChI is InChI=1S/C19H12Cl2O2/c20-14-6-9-17(21)16(12-14)19-11-8-15(23-19)7-10-18(22)13-4-2-1-3-5-13/h1-12H. The Hall–Kier alpha value is -2.29. The molecule has 2 aromatic carbocycles. The van der Waals surface area contributed by atoms with E-state index in [-0.39, 0.29) is 5.78 Å². The summed E-state index contributed by atoms with van der Waals surface area (Å²) in [5, 5.41) is 1.14. The van der Waals surface area contributed by atoms with E-state index in [0.29, 0.717) is 32.7 Å². The highest BCUT2D eigenvalue weighted by Gasteiger charge is 2.09. The highest BCUT2D eigenvalue weighted by molar-refractivity contribution is 6.35. The molecule has 0 aliphatic rings. The van der Waals surface area contributed by atoms with Crippen LogP contribution in [-0.4, -0.2) is 5.78 Å². The average Bonchev–Trinajstić information content (AvgIpc) is 3.04. The monoisotopic (exact) mass is 342 g/mol. The number of benzene rings is 2. The number of allylic oxidation sites excluding steroid dienone is 1. The van der Waals surface area contributed by atoms with E-state index < -0.39 is 0 Å². The number of hydrogen-bond acceptors (Lipinski definition) is 2. The van der Waals surface area contributed by atoms with Crippen LogP contribution in [0.15, 0.2) is 71.2 Å². The number of carbonyl (C=O) groups excluding carboxylic acids is 1. The van der Waals surface area contributed by atoms with Gasteiger partial charge in [0.25, 0.3) is 0 Å². The summed E-state index contributed by atoms with van der Waals surface area (Å²) in [6.07, 6.45) is 3.12. The quantitative estimate of drug-likeness (QED) is 0.420. The van der Waals surface area contributed by atoms with Crippen molar-refractivity contribution in [3.8, 4) is 11.3 Å². The third-order valence-corrected chi connectivity index (χ3v) is 3.84. The van der Waals surface area contributed by atoms with E-state index in [9.17, 15) is 4.79 Å². The van der Waals surface area contributed by atoms with Crippen LogP contribution >= 0.6 is 23.2 Å². The lowest BCUT2D eigenvalue weighted by Gasteiger charge is -2.01. The third kappa shape index (κ3) is 3.73. The lowest BCUT2D eigenvalue weighted by atomic mass is 10.1. The fourth-order valence-electron chi connectivity index (χ4n) is 2.13. The molecule has 3 rings (SSSR count). The molecule has 4 heteroatoms. The van der Waals surface area contributed by atoms with Crippen molar-refractivity contribution in [3.63, 3.8) is 0 Å². The third-order valence-electron chi connectivity index (χ3n) is 3.28. The van der Waals surface area contributed by atoms with Gasteiger partial charge < -0.3 is 4.42 Å².